The molecule has 190 valence electrons. The van der Waals surface area contributed by atoms with Crippen LogP contribution < -0.4 is 5.32 Å². The molecule has 3 atom stereocenters. The fourth-order valence-electron chi connectivity index (χ4n) is 4.07. The molecule has 1 heterocycles. The van der Waals surface area contributed by atoms with Gasteiger partial charge in [0.15, 0.2) is 9.84 Å². The summed E-state index contributed by atoms with van der Waals surface area (Å²) in [6.45, 7) is 3.18. The zero-order valence-corrected chi connectivity index (χ0v) is 20.5. The Bertz CT molecular complexity index is 1190. The summed E-state index contributed by atoms with van der Waals surface area (Å²) >= 11 is 0. The predicted molar refractivity (Wildman–Crippen MR) is 129 cm³/mol. The van der Waals surface area contributed by atoms with Crippen LogP contribution in [0.5, 0.6) is 0 Å². The fraction of sp³-hybridized carbons (Fsp3) is 0.440. The highest BCUT2D eigenvalue weighted by molar-refractivity contribution is 7.91. The van der Waals surface area contributed by atoms with E-state index in [0.29, 0.717) is 16.8 Å². The van der Waals surface area contributed by atoms with Gasteiger partial charge in [-0.05, 0) is 54.7 Å². The molecule has 0 bridgehead atoms. The van der Waals surface area contributed by atoms with Gasteiger partial charge in [0.1, 0.15) is 11.6 Å². The van der Waals surface area contributed by atoms with Gasteiger partial charge in [-0.3, -0.25) is 9.79 Å². The molecule has 0 fully saturated rings. The number of fused-ring (bicyclic) bond motifs is 1. The fourth-order valence-corrected chi connectivity index (χ4v) is 5.56. The van der Waals surface area contributed by atoms with Gasteiger partial charge < -0.3 is 15.5 Å². The van der Waals surface area contributed by atoms with Crippen LogP contribution >= 0.6 is 0 Å². The third kappa shape index (κ3) is 7.65. The van der Waals surface area contributed by atoms with E-state index in [1.807, 2.05) is 19.1 Å². The average Bonchev–Trinajstić information content (AvgIpc) is 2.74. The molecule has 7 nitrogen and oxygen atoms in total. The molecule has 0 aromatic heterocycles. The first kappa shape index (κ1) is 26.9. The second kappa shape index (κ2) is 11.4. The standard InChI is InChI=1S/C25H30F2N2O5S/c1-3-16-4-5-18-13-35(33,34)14-23(21(18)9-16)28-12-24(31)22(29-25(32)6-15(2)30)10-17-7-19(26)11-20(27)8-17/h4-5,7-9,11,15,22,24,30-31H,3,6,10,12-14H2,1-2H3,(H,29,32). The summed E-state index contributed by atoms with van der Waals surface area (Å²) in [6, 6.07) is 7.49. The number of rotatable bonds is 9. The second-order valence-corrected chi connectivity index (χ2v) is 11.0. The van der Waals surface area contributed by atoms with Crippen molar-refractivity contribution in [3.8, 4) is 0 Å². The van der Waals surface area contributed by atoms with Crippen LogP contribution in [0.25, 0.3) is 0 Å². The Labute approximate surface area is 203 Å². The lowest BCUT2D eigenvalue weighted by atomic mass is 9.99. The Morgan fingerprint density at radius 3 is 2.40 bits per heavy atom. The average molecular weight is 509 g/mol. The maximum atomic E-state index is 13.7. The lowest BCUT2D eigenvalue weighted by molar-refractivity contribution is -0.124. The van der Waals surface area contributed by atoms with Crippen LogP contribution in [0.15, 0.2) is 41.4 Å². The largest absolute Gasteiger partial charge is 0.393 e. The number of sulfone groups is 1. The van der Waals surface area contributed by atoms with Crippen molar-refractivity contribution in [3.05, 3.63) is 70.3 Å². The molecule has 3 unspecified atom stereocenters. The number of benzene rings is 2. The van der Waals surface area contributed by atoms with Crippen molar-refractivity contribution in [3.63, 3.8) is 0 Å². The van der Waals surface area contributed by atoms with Crippen LogP contribution in [-0.4, -0.2) is 60.8 Å². The second-order valence-electron chi connectivity index (χ2n) is 8.94. The van der Waals surface area contributed by atoms with Crippen LogP contribution in [0.1, 0.15) is 42.5 Å². The summed E-state index contributed by atoms with van der Waals surface area (Å²) in [4.78, 5) is 16.7. The van der Waals surface area contributed by atoms with E-state index in [0.717, 1.165) is 30.2 Å². The molecule has 0 saturated heterocycles. The topological polar surface area (TPSA) is 116 Å². The number of carbonyl (C=O) groups excluding carboxylic acids is 1. The Kier molecular flexibility index (Phi) is 8.74. The highest BCUT2D eigenvalue weighted by Gasteiger charge is 2.28. The van der Waals surface area contributed by atoms with Gasteiger partial charge in [-0.15, -0.1) is 0 Å². The van der Waals surface area contributed by atoms with E-state index in [-0.39, 0.29) is 36.5 Å². The van der Waals surface area contributed by atoms with E-state index in [9.17, 15) is 32.2 Å². The lowest BCUT2D eigenvalue weighted by Crippen LogP contribution is -2.47. The maximum absolute atomic E-state index is 13.7. The van der Waals surface area contributed by atoms with Gasteiger partial charge in [-0.25, -0.2) is 17.2 Å². The zero-order chi connectivity index (χ0) is 25.8. The van der Waals surface area contributed by atoms with E-state index in [2.05, 4.69) is 10.3 Å². The van der Waals surface area contributed by atoms with Gasteiger partial charge >= 0.3 is 0 Å². The molecule has 35 heavy (non-hydrogen) atoms. The van der Waals surface area contributed by atoms with Crippen LogP contribution in [0.3, 0.4) is 0 Å². The number of aliphatic hydroxyl groups is 2. The molecule has 1 amide bonds. The van der Waals surface area contributed by atoms with Crippen LogP contribution in [-0.2, 0) is 33.2 Å². The van der Waals surface area contributed by atoms with Crippen molar-refractivity contribution in [1.82, 2.24) is 5.32 Å². The van der Waals surface area contributed by atoms with Gasteiger partial charge in [-0.2, -0.15) is 0 Å². The predicted octanol–water partition coefficient (Wildman–Crippen LogP) is 2.10. The number of hydrogen-bond donors (Lipinski definition) is 3. The first-order valence-electron chi connectivity index (χ1n) is 11.4. The Morgan fingerprint density at radius 1 is 1.09 bits per heavy atom. The molecule has 0 spiro atoms. The normalized spacial score (nSPS) is 18.5. The highest BCUT2D eigenvalue weighted by Crippen LogP contribution is 2.23. The number of hydrogen-bond acceptors (Lipinski definition) is 6. The molecule has 3 N–H and O–H groups in total. The molecule has 0 saturated carbocycles. The number of carbonyl (C=O) groups is 1. The number of nitrogens with zero attached hydrogens (tertiary/aromatic N) is 1. The van der Waals surface area contributed by atoms with Crippen molar-refractivity contribution >= 4 is 21.5 Å². The van der Waals surface area contributed by atoms with Gasteiger partial charge in [-0.1, -0.05) is 19.1 Å². The molecule has 0 radical (unpaired) electrons. The minimum absolute atomic E-state index is 0.0862. The molecular formula is C25H30F2N2O5S. The summed E-state index contributed by atoms with van der Waals surface area (Å²) in [5.74, 6) is -2.49. The van der Waals surface area contributed by atoms with E-state index in [1.165, 1.54) is 6.92 Å². The molecule has 0 aliphatic carbocycles. The van der Waals surface area contributed by atoms with Gasteiger partial charge in [0.2, 0.25) is 5.91 Å². The van der Waals surface area contributed by atoms with Crippen molar-refractivity contribution in [1.29, 1.82) is 0 Å². The zero-order valence-electron chi connectivity index (χ0n) is 19.7. The Morgan fingerprint density at radius 2 is 1.77 bits per heavy atom. The number of aliphatic hydroxyl groups excluding tert-OH is 2. The van der Waals surface area contributed by atoms with Crippen molar-refractivity contribution in [2.75, 3.05) is 12.3 Å². The van der Waals surface area contributed by atoms with E-state index in [1.54, 1.807) is 6.07 Å². The number of aliphatic imine (C=N–C) groups is 1. The summed E-state index contributed by atoms with van der Waals surface area (Å²) in [7, 11) is -3.42. The SMILES string of the molecule is CCc1ccc2c(c1)C(=NCC(O)C(Cc1cc(F)cc(F)c1)NC(=O)CC(C)O)CS(=O)(=O)C2. The smallest absolute Gasteiger partial charge is 0.222 e. The highest BCUT2D eigenvalue weighted by atomic mass is 32.2. The quantitative estimate of drug-likeness (QED) is 0.480. The van der Waals surface area contributed by atoms with E-state index in [4.69, 9.17) is 0 Å². The molecule has 2 aromatic carbocycles. The third-order valence-electron chi connectivity index (χ3n) is 5.76. The van der Waals surface area contributed by atoms with Crippen LogP contribution in [0, 0.1) is 11.6 Å². The third-order valence-corrected chi connectivity index (χ3v) is 7.23. The first-order valence-corrected chi connectivity index (χ1v) is 13.2. The summed E-state index contributed by atoms with van der Waals surface area (Å²) < 4.78 is 52.2. The summed E-state index contributed by atoms with van der Waals surface area (Å²) in [5, 5.41) is 23.0. The van der Waals surface area contributed by atoms with Gasteiger partial charge in [0.25, 0.3) is 0 Å². The van der Waals surface area contributed by atoms with Gasteiger partial charge in [0, 0.05) is 11.6 Å². The Hall–Kier alpha value is -2.69. The van der Waals surface area contributed by atoms with E-state index >= 15 is 0 Å². The van der Waals surface area contributed by atoms with E-state index < -0.39 is 45.6 Å². The molecule has 10 heteroatoms. The minimum atomic E-state index is -3.42. The number of aryl methyl sites for hydroxylation is 1. The monoisotopic (exact) mass is 508 g/mol. The first-order chi connectivity index (χ1) is 16.5. The van der Waals surface area contributed by atoms with Crippen molar-refractivity contribution in [2.45, 2.75) is 57.1 Å². The summed E-state index contributed by atoms with van der Waals surface area (Å²) in [6.07, 6.45) is -1.76. The summed E-state index contributed by atoms with van der Waals surface area (Å²) in [5.41, 5.74) is 2.92. The molecule has 1 aliphatic heterocycles. The number of halogens is 2. The molecule has 1 aliphatic rings. The van der Waals surface area contributed by atoms with Gasteiger partial charge in [0.05, 0.1) is 48.4 Å². The molecular weight excluding hydrogens is 478 g/mol. The van der Waals surface area contributed by atoms with Crippen LogP contribution in [0.2, 0.25) is 0 Å². The van der Waals surface area contributed by atoms with Crippen molar-refractivity contribution in [2.24, 2.45) is 4.99 Å². The lowest BCUT2D eigenvalue weighted by Gasteiger charge is -2.25. The molecule has 2 aromatic rings. The Balaban J connectivity index is 1.87. The minimum Gasteiger partial charge on any atom is -0.393 e. The van der Waals surface area contributed by atoms with Crippen molar-refractivity contribution < 1.29 is 32.2 Å². The van der Waals surface area contributed by atoms with Crippen LogP contribution in [0.4, 0.5) is 8.78 Å². The number of nitrogens with one attached hydrogen (secondary N) is 1. The maximum Gasteiger partial charge on any atom is 0.222 e. The number of amides is 1. The molecule has 3 rings (SSSR count).